The van der Waals surface area contributed by atoms with Crippen LogP contribution in [0.5, 0.6) is 0 Å². The van der Waals surface area contributed by atoms with E-state index in [1.807, 2.05) is 0 Å². The van der Waals surface area contributed by atoms with Gasteiger partial charge in [-0.15, -0.1) is 11.5 Å². The Bertz CT molecular complexity index is 365. The highest BCUT2D eigenvalue weighted by molar-refractivity contribution is 6.78. The van der Waals surface area contributed by atoms with E-state index in [9.17, 15) is 0 Å². The summed E-state index contributed by atoms with van der Waals surface area (Å²) in [5, 5.41) is 0. The third-order valence-corrected chi connectivity index (χ3v) is 7.93. The summed E-state index contributed by atoms with van der Waals surface area (Å²) in [5.74, 6) is 1.70. The molecule has 1 aliphatic rings. The number of allylic oxidation sites excluding steroid dienone is 2. The van der Waals surface area contributed by atoms with Gasteiger partial charge in [0.2, 0.25) is 0 Å². The molecule has 0 N–H and O–H groups in total. The first-order valence-electron chi connectivity index (χ1n) is 7.71. The minimum atomic E-state index is -0.974. The van der Waals surface area contributed by atoms with Crippen LogP contribution in [-0.4, -0.2) is 8.07 Å². The number of rotatable bonds is 6. The molecule has 1 heteroatoms. The van der Waals surface area contributed by atoms with Gasteiger partial charge < -0.3 is 0 Å². The van der Waals surface area contributed by atoms with Crippen molar-refractivity contribution in [2.24, 2.45) is 11.8 Å². The van der Waals surface area contributed by atoms with E-state index in [-0.39, 0.29) is 0 Å². The van der Waals surface area contributed by atoms with Crippen LogP contribution >= 0.6 is 0 Å². The van der Waals surface area contributed by atoms with E-state index < -0.39 is 8.07 Å². The molecule has 0 radical (unpaired) electrons. The molecule has 0 spiro atoms. The van der Waals surface area contributed by atoms with Crippen LogP contribution in [0, 0.1) is 11.8 Å². The maximum absolute atomic E-state index is 3.85. The van der Waals surface area contributed by atoms with E-state index in [0.29, 0.717) is 0 Å². The lowest BCUT2D eigenvalue weighted by atomic mass is 9.84. The summed E-state index contributed by atoms with van der Waals surface area (Å²) >= 11 is 0. The summed E-state index contributed by atoms with van der Waals surface area (Å²) in [7, 11) is -0.974. The Morgan fingerprint density at radius 1 is 0.947 bits per heavy atom. The maximum atomic E-state index is 3.85. The predicted molar refractivity (Wildman–Crippen MR) is 89.2 cm³/mol. The van der Waals surface area contributed by atoms with E-state index in [0.717, 1.165) is 24.7 Å². The molecule has 0 bridgehead atoms. The van der Waals surface area contributed by atoms with Crippen molar-refractivity contribution in [3.8, 4) is 0 Å². The molecule has 1 fully saturated rings. The topological polar surface area (TPSA) is 0 Å². The van der Waals surface area contributed by atoms with Gasteiger partial charge in [0.15, 0.2) is 0 Å². The van der Waals surface area contributed by atoms with Gasteiger partial charge in [0.05, 0.1) is 0 Å². The van der Waals surface area contributed by atoms with Crippen molar-refractivity contribution in [1.29, 1.82) is 0 Å². The Balaban J connectivity index is 2.81. The van der Waals surface area contributed by atoms with Crippen molar-refractivity contribution >= 4 is 8.07 Å². The van der Waals surface area contributed by atoms with Crippen molar-refractivity contribution in [1.82, 2.24) is 0 Å². The van der Waals surface area contributed by atoms with Crippen molar-refractivity contribution < 1.29 is 0 Å². The monoisotopic (exact) mass is 274 g/mol. The van der Waals surface area contributed by atoms with Crippen molar-refractivity contribution in [2.45, 2.75) is 64.7 Å². The van der Waals surface area contributed by atoms with Gasteiger partial charge in [-0.1, -0.05) is 52.2 Å². The Morgan fingerprint density at radius 2 is 1.32 bits per heavy atom. The average molecular weight is 275 g/mol. The minimum Gasteiger partial charge on any atom is -0.130 e. The van der Waals surface area contributed by atoms with Crippen LogP contribution < -0.4 is 0 Å². The second-order valence-electron chi connectivity index (χ2n) is 6.77. The Morgan fingerprint density at radius 3 is 1.58 bits per heavy atom. The number of hydrogen-bond acceptors (Lipinski definition) is 0. The summed E-state index contributed by atoms with van der Waals surface area (Å²) in [6.07, 6.45) is 4.64. The van der Waals surface area contributed by atoms with E-state index in [1.54, 1.807) is 0 Å². The molecule has 1 heterocycles. The molecule has 1 saturated heterocycles. The molecule has 0 aromatic rings. The molecule has 106 valence electrons. The van der Waals surface area contributed by atoms with E-state index >= 15 is 0 Å². The highest BCUT2D eigenvalue weighted by atomic mass is 28.3. The molecule has 0 saturated carbocycles. The summed E-state index contributed by atoms with van der Waals surface area (Å²) < 4.78 is 0. The van der Waals surface area contributed by atoms with Crippen LogP contribution in [0.25, 0.3) is 0 Å². The van der Waals surface area contributed by atoms with Crippen LogP contribution in [0.15, 0.2) is 35.8 Å². The van der Waals surface area contributed by atoms with Crippen molar-refractivity contribution in [3.05, 3.63) is 35.8 Å². The standard InChI is InChI=1S/C18H30Si/c1-7-15(8-2)11-17-13-19(5,6)14-18(17)12-16(9-3)10-4/h17-18H,1,3,8,10-14H2,2,4-6H3/t17-,18-/m1/s1. The van der Waals surface area contributed by atoms with Crippen LogP contribution in [0.2, 0.25) is 25.2 Å². The Kier molecular flexibility index (Phi) is 6.14. The van der Waals surface area contributed by atoms with Gasteiger partial charge in [-0.3, -0.25) is 0 Å². The quantitative estimate of drug-likeness (QED) is 0.414. The molecule has 0 unspecified atom stereocenters. The maximum Gasteiger partial charge on any atom is 0.0479 e. The van der Waals surface area contributed by atoms with Gasteiger partial charge in [0.1, 0.15) is 0 Å². The first kappa shape index (κ1) is 16.3. The van der Waals surface area contributed by atoms with Gasteiger partial charge in [-0.25, -0.2) is 0 Å². The molecule has 0 aromatic carbocycles. The first-order chi connectivity index (χ1) is 8.95. The van der Waals surface area contributed by atoms with Crippen LogP contribution in [0.3, 0.4) is 0 Å². The average Bonchev–Trinajstić information content (AvgIpc) is 2.67. The van der Waals surface area contributed by atoms with E-state index in [4.69, 9.17) is 0 Å². The van der Waals surface area contributed by atoms with Crippen LogP contribution in [0.1, 0.15) is 39.5 Å². The highest BCUT2D eigenvalue weighted by Gasteiger charge is 2.40. The van der Waals surface area contributed by atoms with Crippen molar-refractivity contribution in [2.75, 3.05) is 0 Å². The van der Waals surface area contributed by atoms with Crippen LogP contribution in [-0.2, 0) is 0 Å². The zero-order valence-electron chi connectivity index (χ0n) is 13.3. The molecule has 19 heavy (non-hydrogen) atoms. The highest BCUT2D eigenvalue weighted by Crippen LogP contribution is 2.45. The normalized spacial score (nSPS) is 24.6. The van der Waals surface area contributed by atoms with Crippen molar-refractivity contribution in [3.63, 3.8) is 0 Å². The lowest BCUT2D eigenvalue weighted by Crippen LogP contribution is -2.20. The molecular weight excluding hydrogens is 244 g/mol. The SMILES string of the molecule is C=C=C(CC)C[C@@H]1C[Si](C)(C)C[C@H]1CC(=C=C)CC. The number of hydrogen-bond donors (Lipinski definition) is 0. The third-order valence-electron chi connectivity index (χ3n) is 4.67. The zero-order valence-corrected chi connectivity index (χ0v) is 14.3. The lowest BCUT2D eigenvalue weighted by Gasteiger charge is -2.20. The molecule has 0 nitrogen and oxygen atoms in total. The van der Waals surface area contributed by atoms with Gasteiger partial charge in [0, 0.05) is 8.07 Å². The minimum absolute atomic E-state index is 0.848. The lowest BCUT2D eigenvalue weighted by molar-refractivity contribution is 0.401. The van der Waals surface area contributed by atoms with Gasteiger partial charge >= 0.3 is 0 Å². The van der Waals surface area contributed by atoms with E-state index in [2.05, 4.69) is 51.6 Å². The Hall–Kier alpha value is -0.743. The molecular formula is C18H30Si. The third kappa shape index (κ3) is 4.69. The smallest absolute Gasteiger partial charge is 0.0479 e. The Labute approximate surface area is 121 Å². The predicted octanol–water partition coefficient (Wildman–Crippen LogP) is 5.96. The van der Waals surface area contributed by atoms with Gasteiger partial charge in [0.25, 0.3) is 0 Å². The molecule has 0 aliphatic carbocycles. The molecule has 1 aliphatic heterocycles. The summed E-state index contributed by atoms with van der Waals surface area (Å²) in [6, 6.07) is 2.94. The second-order valence-corrected chi connectivity index (χ2v) is 11.9. The van der Waals surface area contributed by atoms with Gasteiger partial charge in [-0.2, -0.15) is 0 Å². The molecule has 0 aromatic heterocycles. The summed E-state index contributed by atoms with van der Waals surface area (Å²) in [6.45, 7) is 17.2. The molecule has 0 amide bonds. The largest absolute Gasteiger partial charge is 0.130 e. The summed E-state index contributed by atoms with van der Waals surface area (Å²) in [4.78, 5) is 0. The first-order valence-corrected chi connectivity index (χ1v) is 11.1. The fraction of sp³-hybridized carbons (Fsp3) is 0.667. The molecule has 1 rings (SSSR count). The van der Waals surface area contributed by atoms with E-state index in [1.165, 1.54) is 36.1 Å². The summed E-state index contributed by atoms with van der Waals surface area (Å²) in [5.41, 5.74) is 9.15. The fourth-order valence-electron chi connectivity index (χ4n) is 3.63. The second kappa shape index (κ2) is 7.15. The van der Waals surface area contributed by atoms with Gasteiger partial charge in [-0.05, 0) is 48.7 Å². The van der Waals surface area contributed by atoms with Crippen LogP contribution in [0.4, 0.5) is 0 Å². The molecule has 2 atom stereocenters. The zero-order chi connectivity index (χ0) is 14.5. The fourth-order valence-corrected chi connectivity index (χ4v) is 7.59.